The van der Waals surface area contributed by atoms with Crippen molar-refractivity contribution in [2.45, 2.75) is 40.7 Å². The molecular weight excluding hydrogens is 320 g/mol. The third-order valence-corrected chi connectivity index (χ3v) is 3.95. The highest BCUT2D eigenvalue weighted by atomic mass is 16.2. The van der Waals surface area contributed by atoms with Crippen LogP contribution in [-0.4, -0.2) is 48.9 Å². The second kappa shape index (κ2) is 9.17. The molecule has 0 aromatic heterocycles. The zero-order valence-electron chi connectivity index (χ0n) is 15.8. The number of hydrogen-bond acceptors (Lipinski definition) is 4. The first-order valence-electron chi connectivity index (χ1n) is 8.32. The number of rotatable bonds is 6. The van der Waals surface area contributed by atoms with Gasteiger partial charge in [0.05, 0.1) is 12.6 Å². The van der Waals surface area contributed by atoms with E-state index in [-0.39, 0.29) is 12.5 Å². The van der Waals surface area contributed by atoms with Crippen molar-refractivity contribution < 1.29 is 14.4 Å². The first kappa shape index (κ1) is 20.6. The quantitative estimate of drug-likeness (QED) is 0.730. The van der Waals surface area contributed by atoms with Crippen LogP contribution < -0.4 is 16.0 Å². The van der Waals surface area contributed by atoms with Gasteiger partial charge in [-0.1, -0.05) is 17.7 Å². The van der Waals surface area contributed by atoms with E-state index < -0.39 is 18.0 Å². The molecule has 0 aliphatic heterocycles. The van der Waals surface area contributed by atoms with Crippen molar-refractivity contribution in [3.8, 4) is 0 Å². The van der Waals surface area contributed by atoms with E-state index in [1.165, 1.54) is 0 Å². The Morgan fingerprint density at radius 1 is 1.12 bits per heavy atom. The Morgan fingerprint density at radius 2 is 1.68 bits per heavy atom. The van der Waals surface area contributed by atoms with Crippen LogP contribution in [0.3, 0.4) is 0 Å². The molecule has 7 heteroatoms. The van der Waals surface area contributed by atoms with Gasteiger partial charge in [0.25, 0.3) is 0 Å². The highest BCUT2D eigenvalue weighted by molar-refractivity contribution is 5.98. The minimum absolute atomic E-state index is 0.0384. The molecule has 0 radical (unpaired) electrons. The summed E-state index contributed by atoms with van der Waals surface area (Å²) in [6.07, 6.45) is 0. The average Bonchev–Trinajstić information content (AvgIpc) is 2.50. The summed E-state index contributed by atoms with van der Waals surface area (Å²) in [5.41, 5.74) is 3.93. The van der Waals surface area contributed by atoms with Crippen molar-refractivity contribution in [3.05, 3.63) is 28.8 Å². The molecule has 0 aliphatic rings. The third kappa shape index (κ3) is 6.19. The first-order chi connectivity index (χ1) is 11.6. The molecule has 1 aromatic carbocycles. The lowest BCUT2D eigenvalue weighted by atomic mass is 10.1. The Hall–Kier alpha value is -2.41. The van der Waals surface area contributed by atoms with Gasteiger partial charge in [0.15, 0.2) is 0 Å². The van der Waals surface area contributed by atoms with Crippen LogP contribution >= 0.6 is 0 Å². The van der Waals surface area contributed by atoms with Crippen molar-refractivity contribution in [3.63, 3.8) is 0 Å². The van der Waals surface area contributed by atoms with E-state index in [2.05, 4.69) is 16.0 Å². The van der Waals surface area contributed by atoms with Gasteiger partial charge in [0, 0.05) is 12.2 Å². The third-order valence-electron chi connectivity index (χ3n) is 3.95. The number of amides is 4. The zero-order valence-corrected chi connectivity index (χ0v) is 15.8. The van der Waals surface area contributed by atoms with E-state index in [0.29, 0.717) is 6.54 Å². The number of imide groups is 1. The monoisotopic (exact) mass is 348 g/mol. The summed E-state index contributed by atoms with van der Waals surface area (Å²) >= 11 is 0. The molecule has 3 N–H and O–H groups in total. The van der Waals surface area contributed by atoms with Crippen molar-refractivity contribution in [2.75, 3.05) is 25.5 Å². The summed E-state index contributed by atoms with van der Waals surface area (Å²) < 4.78 is 0. The summed E-state index contributed by atoms with van der Waals surface area (Å²) in [5.74, 6) is -0.667. The van der Waals surface area contributed by atoms with Crippen LogP contribution in [0.15, 0.2) is 12.1 Å². The van der Waals surface area contributed by atoms with Crippen LogP contribution in [0, 0.1) is 20.8 Å². The smallest absolute Gasteiger partial charge is 0.321 e. The highest BCUT2D eigenvalue weighted by Crippen LogP contribution is 2.21. The van der Waals surface area contributed by atoms with Gasteiger partial charge in [-0.15, -0.1) is 0 Å². The molecule has 0 saturated carbocycles. The van der Waals surface area contributed by atoms with E-state index in [1.807, 2.05) is 32.9 Å². The molecule has 1 atom stereocenters. The molecule has 138 valence electrons. The molecule has 1 rings (SSSR count). The Morgan fingerprint density at radius 3 is 2.20 bits per heavy atom. The van der Waals surface area contributed by atoms with Gasteiger partial charge in [-0.05, 0) is 52.8 Å². The number of urea groups is 1. The average molecular weight is 348 g/mol. The number of likely N-dealkylation sites (N-methyl/N-ethyl adjacent to an activating group) is 1. The SMILES string of the molecule is CCNC(=O)NC(=O)C(C)N(C)CC(=O)Nc1c(C)cc(C)cc1C. The van der Waals surface area contributed by atoms with E-state index in [9.17, 15) is 14.4 Å². The van der Waals surface area contributed by atoms with Crippen LogP contribution in [0.25, 0.3) is 0 Å². The van der Waals surface area contributed by atoms with Crippen LogP contribution in [0.5, 0.6) is 0 Å². The van der Waals surface area contributed by atoms with Crippen molar-refractivity contribution in [1.29, 1.82) is 0 Å². The molecule has 0 heterocycles. The van der Waals surface area contributed by atoms with Gasteiger partial charge in [0.1, 0.15) is 0 Å². The maximum atomic E-state index is 12.3. The lowest BCUT2D eigenvalue weighted by Gasteiger charge is -2.23. The number of nitrogens with zero attached hydrogens (tertiary/aromatic N) is 1. The first-order valence-corrected chi connectivity index (χ1v) is 8.32. The summed E-state index contributed by atoms with van der Waals surface area (Å²) in [4.78, 5) is 37.3. The number of aryl methyl sites for hydroxylation is 3. The zero-order chi connectivity index (χ0) is 19.1. The maximum Gasteiger partial charge on any atom is 0.321 e. The minimum Gasteiger partial charge on any atom is -0.338 e. The van der Waals surface area contributed by atoms with Gasteiger partial charge < -0.3 is 10.6 Å². The summed E-state index contributed by atoms with van der Waals surface area (Å²) in [6.45, 7) is 9.78. The van der Waals surface area contributed by atoms with E-state index in [0.717, 1.165) is 22.4 Å². The molecule has 1 unspecified atom stereocenters. The van der Waals surface area contributed by atoms with Gasteiger partial charge in [-0.2, -0.15) is 0 Å². The number of hydrogen-bond donors (Lipinski definition) is 3. The highest BCUT2D eigenvalue weighted by Gasteiger charge is 2.22. The molecule has 0 aliphatic carbocycles. The van der Waals surface area contributed by atoms with Gasteiger partial charge >= 0.3 is 6.03 Å². The minimum atomic E-state index is -0.617. The van der Waals surface area contributed by atoms with Crippen LogP contribution in [-0.2, 0) is 9.59 Å². The number of carbonyl (C=O) groups is 3. The molecule has 0 fully saturated rings. The molecule has 1 aromatic rings. The molecular formula is C18H28N4O3. The largest absolute Gasteiger partial charge is 0.338 e. The van der Waals surface area contributed by atoms with E-state index in [4.69, 9.17) is 0 Å². The van der Waals surface area contributed by atoms with Crippen LogP contribution in [0.1, 0.15) is 30.5 Å². The molecule has 0 bridgehead atoms. The Kier molecular flexibility index (Phi) is 7.57. The summed E-state index contributed by atoms with van der Waals surface area (Å²) in [6, 6.07) is 2.86. The van der Waals surface area contributed by atoms with Crippen molar-refractivity contribution >= 4 is 23.5 Å². The topological polar surface area (TPSA) is 90.5 Å². The van der Waals surface area contributed by atoms with Crippen LogP contribution in [0.2, 0.25) is 0 Å². The molecule has 0 saturated heterocycles. The Balaban J connectivity index is 2.64. The normalized spacial score (nSPS) is 11.8. The molecule has 25 heavy (non-hydrogen) atoms. The Labute approximate surface area is 149 Å². The maximum absolute atomic E-state index is 12.3. The predicted octanol–water partition coefficient (Wildman–Crippen LogP) is 1.72. The molecule has 4 amide bonds. The second-order valence-corrected chi connectivity index (χ2v) is 6.26. The molecule has 0 spiro atoms. The number of benzene rings is 1. The van der Waals surface area contributed by atoms with E-state index in [1.54, 1.807) is 25.8 Å². The summed E-state index contributed by atoms with van der Waals surface area (Å²) in [7, 11) is 1.66. The fourth-order valence-corrected chi connectivity index (χ4v) is 2.54. The van der Waals surface area contributed by atoms with Crippen LogP contribution in [0.4, 0.5) is 10.5 Å². The lowest BCUT2D eigenvalue weighted by molar-refractivity contribution is -0.125. The number of nitrogens with one attached hydrogen (secondary N) is 3. The van der Waals surface area contributed by atoms with Gasteiger partial charge in [0.2, 0.25) is 11.8 Å². The lowest BCUT2D eigenvalue weighted by Crippen LogP contribution is -2.50. The fourth-order valence-electron chi connectivity index (χ4n) is 2.54. The van der Waals surface area contributed by atoms with Crippen molar-refractivity contribution in [1.82, 2.24) is 15.5 Å². The predicted molar refractivity (Wildman–Crippen MR) is 98.6 cm³/mol. The standard InChI is InChI=1S/C18H28N4O3/c1-7-19-18(25)21-17(24)14(5)22(6)10-15(23)20-16-12(3)8-11(2)9-13(16)4/h8-9,14H,7,10H2,1-6H3,(H,20,23)(H2,19,21,24,25). The van der Waals surface area contributed by atoms with E-state index >= 15 is 0 Å². The van der Waals surface area contributed by atoms with Gasteiger partial charge in [-0.25, -0.2) is 4.79 Å². The molecule has 7 nitrogen and oxygen atoms in total. The van der Waals surface area contributed by atoms with Gasteiger partial charge in [-0.3, -0.25) is 19.8 Å². The Bertz CT molecular complexity index is 635. The fraction of sp³-hybridized carbons (Fsp3) is 0.500. The second-order valence-electron chi connectivity index (χ2n) is 6.26. The number of carbonyl (C=O) groups excluding carboxylic acids is 3. The van der Waals surface area contributed by atoms with Crippen molar-refractivity contribution in [2.24, 2.45) is 0 Å². The summed E-state index contributed by atoms with van der Waals surface area (Å²) in [5, 5.41) is 7.64. The number of anilines is 1.